The molecule has 5 heteroatoms. The van der Waals surface area contributed by atoms with Crippen LogP contribution >= 0.6 is 0 Å². The van der Waals surface area contributed by atoms with Gasteiger partial charge in [0.25, 0.3) is 0 Å². The first-order valence-corrected chi connectivity index (χ1v) is 6.28. The van der Waals surface area contributed by atoms with E-state index in [0.717, 1.165) is 18.8 Å². The molecule has 1 N–H and O–H groups in total. The molecule has 0 spiro atoms. The third-order valence-corrected chi connectivity index (χ3v) is 3.69. The number of nitrogens with one attached hydrogen (secondary N) is 1. The minimum atomic E-state index is -0.251. The predicted octanol–water partition coefficient (Wildman–Crippen LogP) is 1.26. The Balaban J connectivity index is 1.97. The van der Waals surface area contributed by atoms with E-state index in [0.29, 0.717) is 24.4 Å². The largest absolute Gasteiger partial charge is 0.461 e. The fraction of sp³-hybridized carbons (Fsp3) is 0.667. The molecule has 1 aliphatic carbocycles. The molecule has 1 saturated carbocycles. The highest BCUT2D eigenvalue weighted by Gasteiger charge is 2.36. The van der Waals surface area contributed by atoms with E-state index in [1.165, 1.54) is 12.8 Å². The zero-order valence-corrected chi connectivity index (χ0v) is 9.98. The zero-order valence-electron chi connectivity index (χ0n) is 9.98. The van der Waals surface area contributed by atoms with Gasteiger partial charge in [0.2, 0.25) is 0 Å². The van der Waals surface area contributed by atoms with E-state index >= 15 is 0 Å². The van der Waals surface area contributed by atoms with E-state index < -0.39 is 0 Å². The first-order chi connectivity index (χ1) is 8.31. The zero-order chi connectivity index (χ0) is 11.8. The van der Waals surface area contributed by atoms with Crippen molar-refractivity contribution >= 4 is 5.97 Å². The molecule has 2 atom stereocenters. The average Bonchev–Trinajstić information content (AvgIpc) is 2.94. The van der Waals surface area contributed by atoms with Crippen LogP contribution in [0.1, 0.15) is 48.5 Å². The number of imidazole rings is 1. The van der Waals surface area contributed by atoms with E-state index in [1.807, 2.05) is 6.92 Å². The Hall–Kier alpha value is -1.36. The molecule has 1 fully saturated rings. The molecule has 2 aliphatic rings. The lowest BCUT2D eigenvalue weighted by atomic mass is 10.1. The van der Waals surface area contributed by atoms with Crippen molar-refractivity contribution in [1.29, 1.82) is 0 Å². The van der Waals surface area contributed by atoms with E-state index in [-0.39, 0.29) is 5.97 Å². The topological polar surface area (TPSA) is 56.1 Å². The van der Waals surface area contributed by atoms with Crippen LogP contribution in [0.25, 0.3) is 0 Å². The number of esters is 1. The van der Waals surface area contributed by atoms with Gasteiger partial charge >= 0.3 is 5.97 Å². The smallest absolute Gasteiger partial charge is 0.356 e. The summed E-state index contributed by atoms with van der Waals surface area (Å²) >= 11 is 0. The van der Waals surface area contributed by atoms with Crippen LogP contribution in [0.15, 0.2) is 6.20 Å². The third kappa shape index (κ3) is 1.65. The van der Waals surface area contributed by atoms with Crippen molar-refractivity contribution in [2.45, 2.75) is 44.8 Å². The molecule has 0 amide bonds. The molecule has 92 valence electrons. The summed E-state index contributed by atoms with van der Waals surface area (Å²) in [7, 11) is 0. The standard InChI is InChI=1S/C12H17N3O2/c1-2-17-12(16)10-6-14-11-7-13-8-4-3-5-9(8)15(10)11/h6,8-9,13H,2-5,7H2,1H3/t8-,9+/m0/s1. The normalized spacial score (nSPS) is 26.4. The number of carbonyl (C=O) groups is 1. The molecule has 0 aromatic carbocycles. The van der Waals surface area contributed by atoms with Crippen LogP contribution in [0.3, 0.4) is 0 Å². The first kappa shape index (κ1) is 10.8. The summed E-state index contributed by atoms with van der Waals surface area (Å²) in [5.74, 6) is 0.704. The maximum absolute atomic E-state index is 11.9. The van der Waals surface area contributed by atoms with Gasteiger partial charge in [0, 0.05) is 6.04 Å². The number of rotatable bonds is 2. The molecule has 1 aliphatic heterocycles. The summed E-state index contributed by atoms with van der Waals surface area (Å²) in [4.78, 5) is 16.2. The van der Waals surface area contributed by atoms with Crippen LogP contribution in [-0.4, -0.2) is 28.2 Å². The van der Waals surface area contributed by atoms with Crippen molar-refractivity contribution in [2.75, 3.05) is 6.61 Å². The number of hydrogen-bond donors (Lipinski definition) is 1. The number of aromatic nitrogens is 2. The van der Waals surface area contributed by atoms with Crippen molar-refractivity contribution in [1.82, 2.24) is 14.9 Å². The highest BCUT2D eigenvalue weighted by Crippen LogP contribution is 2.35. The summed E-state index contributed by atoms with van der Waals surface area (Å²) < 4.78 is 7.17. The van der Waals surface area contributed by atoms with Crippen LogP contribution in [-0.2, 0) is 11.3 Å². The highest BCUT2D eigenvalue weighted by molar-refractivity contribution is 5.87. The van der Waals surface area contributed by atoms with Gasteiger partial charge in [0.15, 0.2) is 0 Å². The molecule has 17 heavy (non-hydrogen) atoms. The Bertz CT molecular complexity index is 441. The third-order valence-electron chi connectivity index (χ3n) is 3.69. The number of hydrogen-bond acceptors (Lipinski definition) is 4. The summed E-state index contributed by atoms with van der Waals surface area (Å²) in [6.45, 7) is 2.98. The van der Waals surface area contributed by atoms with Crippen molar-refractivity contribution in [3.8, 4) is 0 Å². The highest BCUT2D eigenvalue weighted by atomic mass is 16.5. The van der Waals surface area contributed by atoms with Gasteiger partial charge in [0.1, 0.15) is 11.5 Å². The van der Waals surface area contributed by atoms with Crippen LogP contribution < -0.4 is 5.32 Å². The van der Waals surface area contributed by atoms with Gasteiger partial charge in [-0.1, -0.05) is 0 Å². The summed E-state index contributed by atoms with van der Waals surface area (Å²) in [6, 6.07) is 0.866. The van der Waals surface area contributed by atoms with Crippen molar-refractivity contribution in [3.63, 3.8) is 0 Å². The van der Waals surface area contributed by atoms with Crippen molar-refractivity contribution in [2.24, 2.45) is 0 Å². The Labute approximate surface area is 100 Å². The van der Waals surface area contributed by atoms with Gasteiger partial charge in [-0.2, -0.15) is 0 Å². The number of fused-ring (bicyclic) bond motifs is 3. The van der Waals surface area contributed by atoms with E-state index in [9.17, 15) is 4.79 Å². The fourth-order valence-corrected chi connectivity index (χ4v) is 2.97. The van der Waals surface area contributed by atoms with Crippen molar-refractivity contribution < 1.29 is 9.53 Å². The maximum atomic E-state index is 11.9. The van der Waals surface area contributed by atoms with Gasteiger partial charge in [0.05, 0.1) is 25.4 Å². The van der Waals surface area contributed by atoms with E-state index in [2.05, 4.69) is 14.9 Å². The quantitative estimate of drug-likeness (QED) is 0.784. The Morgan fingerprint density at radius 1 is 1.65 bits per heavy atom. The molecule has 0 saturated heterocycles. The minimum absolute atomic E-state index is 0.251. The van der Waals surface area contributed by atoms with Gasteiger partial charge in [-0.05, 0) is 26.2 Å². The van der Waals surface area contributed by atoms with Crippen molar-refractivity contribution in [3.05, 3.63) is 17.7 Å². The Kier molecular flexibility index (Phi) is 2.63. The molecule has 0 bridgehead atoms. The molecule has 0 radical (unpaired) electrons. The molecule has 2 heterocycles. The Morgan fingerprint density at radius 3 is 3.35 bits per heavy atom. The Morgan fingerprint density at radius 2 is 2.53 bits per heavy atom. The number of ether oxygens (including phenoxy) is 1. The molecule has 0 unspecified atom stereocenters. The number of carbonyl (C=O) groups excluding carboxylic acids is 1. The molecular formula is C12H17N3O2. The van der Waals surface area contributed by atoms with Gasteiger partial charge in [-0.3, -0.25) is 0 Å². The second kappa shape index (κ2) is 4.14. The predicted molar refractivity (Wildman–Crippen MR) is 61.7 cm³/mol. The molecule has 5 nitrogen and oxygen atoms in total. The van der Waals surface area contributed by atoms with E-state index in [1.54, 1.807) is 6.20 Å². The summed E-state index contributed by atoms with van der Waals surface area (Å²) in [5, 5.41) is 3.49. The second-order valence-electron chi connectivity index (χ2n) is 4.64. The van der Waals surface area contributed by atoms with Gasteiger partial charge < -0.3 is 14.6 Å². The van der Waals surface area contributed by atoms with Crippen LogP contribution in [0.5, 0.6) is 0 Å². The average molecular weight is 235 g/mol. The molecule has 3 rings (SSSR count). The van der Waals surface area contributed by atoms with Crippen LogP contribution in [0, 0.1) is 0 Å². The minimum Gasteiger partial charge on any atom is -0.461 e. The lowest BCUT2D eigenvalue weighted by Crippen LogP contribution is -2.40. The lowest BCUT2D eigenvalue weighted by Gasteiger charge is -2.30. The van der Waals surface area contributed by atoms with Gasteiger partial charge in [-0.15, -0.1) is 0 Å². The monoisotopic (exact) mass is 235 g/mol. The summed E-state index contributed by atoms with van der Waals surface area (Å²) in [5.41, 5.74) is 0.611. The maximum Gasteiger partial charge on any atom is 0.356 e. The van der Waals surface area contributed by atoms with Crippen LogP contribution in [0.4, 0.5) is 0 Å². The molecule has 1 aromatic rings. The van der Waals surface area contributed by atoms with E-state index in [4.69, 9.17) is 4.74 Å². The number of nitrogens with zero attached hydrogens (tertiary/aromatic N) is 2. The SMILES string of the molecule is CCOC(=O)c1cnc2n1[C@@H]1CCC[C@@H]1NC2. The fourth-order valence-electron chi connectivity index (χ4n) is 2.97. The van der Waals surface area contributed by atoms with Gasteiger partial charge in [-0.25, -0.2) is 9.78 Å². The summed E-state index contributed by atoms with van der Waals surface area (Å²) in [6.07, 6.45) is 5.16. The lowest BCUT2D eigenvalue weighted by molar-refractivity contribution is 0.0508. The van der Waals surface area contributed by atoms with Crippen LogP contribution in [0.2, 0.25) is 0 Å². The first-order valence-electron chi connectivity index (χ1n) is 6.28. The molecule has 1 aromatic heterocycles. The molecular weight excluding hydrogens is 218 g/mol. The second-order valence-corrected chi connectivity index (χ2v) is 4.64.